The second-order valence-corrected chi connectivity index (χ2v) is 6.14. The first-order chi connectivity index (χ1) is 12.0. The summed E-state index contributed by atoms with van der Waals surface area (Å²) in [5.74, 6) is -1.33. The molecule has 1 aliphatic rings. The molecule has 1 aliphatic heterocycles. The summed E-state index contributed by atoms with van der Waals surface area (Å²) in [6.07, 6.45) is 2.88. The minimum absolute atomic E-state index is 0.00204. The van der Waals surface area contributed by atoms with Crippen molar-refractivity contribution in [2.45, 2.75) is 25.1 Å². The Labute approximate surface area is 144 Å². The van der Waals surface area contributed by atoms with Crippen LogP contribution in [0.1, 0.15) is 23.6 Å². The van der Waals surface area contributed by atoms with E-state index in [-0.39, 0.29) is 31.0 Å². The Morgan fingerprint density at radius 1 is 1.36 bits per heavy atom. The maximum Gasteiger partial charge on any atom is 0.234 e. The van der Waals surface area contributed by atoms with Crippen LogP contribution in [-0.2, 0) is 11.3 Å². The lowest BCUT2D eigenvalue weighted by atomic mass is 10.0. The van der Waals surface area contributed by atoms with Gasteiger partial charge in [0.2, 0.25) is 5.91 Å². The van der Waals surface area contributed by atoms with Crippen molar-refractivity contribution in [2.24, 2.45) is 0 Å². The zero-order chi connectivity index (χ0) is 17.8. The van der Waals surface area contributed by atoms with E-state index in [1.54, 1.807) is 23.4 Å². The van der Waals surface area contributed by atoms with E-state index in [0.717, 1.165) is 23.8 Å². The molecule has 2 aromatic rings. The molecular formula is C18H19F2N3O2. The lowest BCUT2D eigenvalue weighted by Gasteiger charge is -2.24. The number of carbonyl (C=O) groups is 1. The number of rotatable bonds is 5. The number of carbonyl (C=O) groups excluding carboxylic acids is 1. The number of nitrogens with zero attached hydrogens (tertiary/aromatic N) is 2. The molecule has 2 atom stereocenters. The highest BCUT2D eigenvalue weighted by Gasteiger charge is 2.34. The molecule has 1 saturated heterocycles. The average molecular weight is 347 g/mol. The fourth-order valence-electron chi connectivity index (χ4n) is 3.09. The minimum atomic E-state index is -0.682. The maximum absolute atomic E-state index is 14.0. The second-order valence-electron chi connectivity index (χ2n) is 6.14. The van der Waals surface area contributed by atoms with Crippen LogP contribution in [0.2, 0.25) is 0 Å². The van der Waals surface area contributed by atoms with Gasteiger partial charge in [0.15, 0.2) is 0 Å². The number of halogens is 2. The number of aliphatic hydroxyl groups is 1. The SMILES string of the molecule is O=C(CN1C[C@H](O)C[C@@H]1c1cc(F)ccc1F)NCc1cccnc1. The van der Waals surface area contributed by atoms with Gasteiger partial charge >= 0.3 is 0 Å². The van der Waals surface area contributed by atoms with Crippen molar-refractivity contribution >= 4 is 5.91 Å². The highest BCUT2D eigenvalue weighted by molar-refractivity contribution is 5.78. The van der Waals surface area contributed by atoms with Gasteiger partial charge < -0.3 is 10.4 Å². The van der Waals surface area contributed by atoms with Gasteiger partial charge in [0.25, 0.3) is 0 Å². The lowest BCUT2D eigenvalue weighted by molar-refractivity contribution is -0.122. The molecule has 0 aliphatic carbocycles. The van der Waals surface area contributed by atoms with Crippen LogP contribution in [-0.4, -0.2) is 40.1 Å². The third-order valence-corrected chi connectivity index (χ3v) is 4.26. The van der Waals surface area contributed by atoms with E-state index in [1.165, 1.54) is 0 Å². The standard InChI is InChI=1S/C18H19F2N3O2/c19-13-3-4-16(20)15(6-13)17-7-14(24)10-23(17)11-18(25)22-9-12-2-1-5-21-8-12/h1-6,8,14,17,24H,7,9-11H2,(H,22,25)/t14-,17-/m1/s1. The number of aromatic nitrogens is 1. The minimum Gasteiger partial charge on any atom is -0.392 e. The van der Waals surface area contributed by atoms with E-state index >= 15 is 0 Å². The van der Waals surface area contributed by atoms with Crippen molar-refractivity contribution in [3.8, 4) is 0 Å². The number of hydrogen-bond acceptors (Lipinski definition) is 4. The van der Waals surface area contributed by atoms with Crippen LogP contribution in [0.25, 0.3) is 0 Å². The fraction of sp³-hybridized carbons (Fsp3) is 0.333. The summed E-state index contributed by atoms with van der Waals surface area (Å²) in [5, 5.41) is 12.7. The fourth-order valence-corrected chi connectivity index (χ4v) is 3.09. The molecule has 3 rings (SSSR count). The van der Waals surface area contributed by atoms with Gasteiger partial charge in [-0.1, -0.05) is 6.07 Å². The van der Waals surface area contributed by atoms with Gasteiger partial charge in [-0.3, -0.25) is 14.7 Å². The van der Waals surface area contributed by atoms with Gasteiger partial charge in [0.1, 0.15) is 11.6 Å². The summed E-state index contributed by atoms with van der Waals surface area (Å²) in [4.78, 5) is 17.8. The molecule has 0 saturated carbocycles. The van der Waals surface area contributed by atoms with Crippen LogP contribution in [0.3, 0.4) is 0 Å². The van der Waals surface area contributed by atoms with Crippen LogP contribution < -0.4 is 5.32 Å². The molecular weight excluding hydrogens is 328 g/mol. The second kappa shape index (κ2) is 7.67. The van der Waals surface area contributed by atoms with E-state index in [0.29, 0.717) is 6.54 Å². The summed E-state index contributed by atoms with van der Waals surface area (Å²) in [6, 6.07) is 6.33. The third-order valence-electron chi connectivity index (χ3n) is 4.26. The summed E-state index contributed by atoms with van der Waals surface area (Å²) in [5.41, 5.74) is 1.03. The van der Waals surface area contributed by atoms with Gasteiger partial charge in [-0.25, -0.2) is 8.78 Å². The van der Waals surface area contributed by atoms with Crippen LogP contribution in [0.4, 0.5) is 8.78 Å². The number of benzene rings is 1. The van der Waals surface area contributed by atoms with Crippen molar-refractivity contribution in [3.63, 3.8) is 0 Å². The first kappa shape index (κ1) is 17.4. The zero-order valence-electron chi connectivity index (χ0n) is 13.5. The van der Waals surface area contributed by atoms with Gasteiger partial charge in [-0.15, -0.1) is 0 Å². The van der Waals surface area contributed by atoms with Gasteiger partial charge in [0, 0.05) is 37.1 Å². The molecule has 0 bridgehead atoms. The highest BCUT2D eigenvalue weighted by Crippen LogP contribution is 2.33. The van der Waals surface area contributed by atoms with Crippen molar-refractivity contribution in [1.29, 1.82) is 0 Å². The Balaban J connectivity index is 1.65. The topological polar surface area (TPSA) is 65.5 Å². The average Bonchev–Trinajstić information content (AvgIpc) is 2.96. The monoisotopic (exact) mass is 347 g/mol. The Kier molecular flexibility index (Phi) is 5.35. The molecule has 0 spiro atoms. The van der Waals surface area contributed by atoms with Gasteiger partial charge in [-0.05, 0) is 36.2 Å². The molecule has 1 aromatic carbocycles. The molecule has 7 heteroatoms. The van der Waals surface area contributed by atoms with Gasteiger partial charge in [0.05, 0.1) is 12.6 Å². The number of aliphatic hydroxyl groups excluding tert-OH is 1. The van der Waals surface area contributed by atoms with Gasteiger partial charge in [-0.2, -0.15) is 0 Å². The highest BCUT2D eigenvalue weighted by atomic mass is 19.1. The smallest absolute Gasteiger partial charge is 0.234 e. The normalized spacial score (nSPS) is 20.6. The molecule has 132 valence electrons. The summed E-state index contributed by atoms with van der Waals surface area (Å²) in [7, 11) is 0. The van der Waals surface area contributed by atoms with E-state index in [1.807, 2.05) is 6.07 Å². The van der Waals surface area contributed by atoms with Crippen LogP contribution in [0.5, 0.6) is 0 Å². The predicted octanol–water partition coefficient (Wildman–Crippen LogP) is 1.78. The van der Waals surface area contributed by atoms with Crippen LogP contribution in [0, 0.1) is 11.6 Å². The Morgan fingerprint density at radius 3 is 2.96 bits per heavy atom. The lowest BCUT2D eigenvalue weighted by Crippen LogP contribution is -2.37. The number of nitrogens with one attached hydrogen (secondary N) is 1. The molecule has 1 aromatic heterocycles. The molecule has 1 amide bonds. The number of pyridine rings is 1. The Bertz CT molecular complexity index is 742. The maximum atomic E-state index is 14.0. The molecule has 2 N–H and O–H groups in total. The van der Waals surface area contributed by atoms with Crippen LogP contribution in [0.15, 0.2) is 42.7 Å². The molecule has 1 fully saturated rings. The first-order valence-electron chi connectivity index (χ1n) is 8.05. The van der Waals surface area contributed by atoms with Crippen molar-refractivity contribution < 1.29 is 18.7 Å². The van der Waals surface area contributed by atoms with E-state index in [9.17, 15) is 18.7 Å². The zero-order valence-corrected chi connectivity index (χ0v) is 13.5. The number of amides is 1. The molecule has 2 heterocycles. The predicted molar refractivity (Wildman–Crippen MR) is 87.4 cm³/mol. The summed E-state index contributed by atoms with van der Waals surface area (Å²) < 4.78 is 27.5. The quantitative estimate of drug-likeness (QED) is 0.865. The number of β-amino-alcohol motifs (C(OH)–C–C–N with tert-alkyl or cyclic N) is 1. The first-order valence-corrected chi connectivity index (χ1v) is 8.05. The molecule has 25 heavy (non-hydrogen) atoms. The number of likely N-dealkylation sites (tertiary alicyclic amines) is 1. The Morgan fingerprint density at radius 2 is 2.20 bits per heavy atom. The molecule has 0 unspecified atom stereocenters. The van der Waals surface area contributed by atoms with E-state index in [4.69, 9.17) is 0 Å². The van der Waals surface area contributed by atoms with Crippen molar-refractivity contribution in [3.05, 3.63) is 65.5 Å². The van der Waals surface area contributed by atoms with Crippen LogP contribution >= 0.6 is 0 Å². The van der Waals surface area contributed by atoms with E-state index < -0.39 is 23.8 Å². The van der Waals surface area contributed by atoms with Crippen molar-refractivity contribution in [2.75, 3.05) is 13.1 Å². The van der Waals surface area contributed by atoms with Crippen molar-refractivity contribution in [1.82, 2.24) is 15.2 Å². The Hall–Kier alpha value is -2.38. The van der Waals surface area contributed by atoms with E-state index in [2.05, 4.69) is 10.3 Å². The molecule has 0 radical (unpaired) electrons. The number of hydrogen-bond donors (Lipinski definition) is 2. The summed E-state index contributed by atoms with van der Waals surface area (Å²) in [6.45, 7) is 0.570. The summed E-state index contributed by atoms with van der Waals surface area (Å²) >= 11 is 0. The largest absolute Gasteiger partial charge is 0.392 e. The third kappa shape index (κ3) is 4.37. The molecule has 5 nitrogen and oxygen atoms in total.